The van der Waals surface area contributed by atoms with Gasteiger partial charge in [0.1, 0.15) is 0 Å². The van der Waals surface area contributed by atoms with Gasteiger partial charge in [0.25, 0.3) is 0 Å². The minimum absolute atomic E-state index is 0.0654. The Labute approximate surface area is 115 Å². The van der Waals surface area contributed by atoms with Crippen molar-refractivity contribution in [1.29, 1.82) is 0 Å². The molecule has 2 amide bonds. The number of amides is 2. The first-order chi connectivity index (χ1) is 9.24. The van der Waals surface area contributed by atoms with Crippen molar-refractivity contribution in [3.63, 3.8) is 0 Å². The summed E-state index contributed by atoms with van der Waals surface area (Å²) in [4.78, 5) is 26.6. The molecule has 0 radical (unpaired) electrons. The largest absolute Gasteiger partial charge is 0.356 e. The van der Waals surface area contributed by atoms with E-state index in [9.17, 15) is 9.59 Å². The summed E-state index contributed by atoms with van der Waals surface area (Å²) in [6.45, 7) is 5.85. The zero-order valence-corrected chi connectivity index (χ0v) is 11.8. The van der Waals surface area contributed by atoms with Gasteiger partial charge in [-0.3, -0.25) is 9.59 Å². The van der Waals surface area contributed by atoms with Crippen LogP contribution >= 0.6 is 0 Å². The molecule has 1 saturated heterocycles. The molecule has 108 valence electrons. The molecule has 0 aromatic heterocycles. The average Bonchev–Trinajstić information content (AvgIpc) is 2.47. The highest BCUT2D eigenvalue weighted by molar-refractivity contribution is 5.88. The van der Waals surface area contributed by atoms with Crippen molar-refractivity contribution in [2.45, 2.75) is 32.6 Å². The molecule has 2 aliphatic rings. The lowest BCUT2D eigenvalue weighted by molar-refractivity contribution is -0.144. The second-order valence-electron chi connectivity index (χ2n) is 5.47. The van der Waals surface area contributed by atoms with Gasteiger partial charge in [0, 0.05) is 44.6 Å². The Kier molecular flexibility index (Phi) is 5.19. The molecule has 1 heterocycles. The molecule has 2 unspecified atom stereocenters. The Morgan fingerprint density at radius 1 is 1.16 bits per heavy atom. The van der Waals surface area contributed by atoms with Crippen LogP contribution in [-0.2, 0) is 9.59 Å². The summed E-state index contributed by atoms with van der Waals surface area (Å²) < 4.78 is 0. The first-order valence-electron chi connectivity index (χ1n) is 7.51. The molecular formula is C14H25N3O2. The minimum atomic E-state index is -0.115. The number of carbonyl (C=O) groups is 2. The van der Waals surface area contributed by atoms with Crippen LogP contribution < -0.4 is 10.6 Å². The van der Waals surface area contributed by atoms with Crippen LogP contribution in [0.2, 0.25) is 0 Å². The number of hydrogen-bond donors (Lipinski definition) is 2. The van der Waals surface area contributed by atoms with Crippen LogP contribution in [-0.4, -0.2) is 49.4 Å². The van der Waals surface area contributed by atoms with Gasteiger partial charge in [-0.05, 0) is 19.8 Å². The van der Waals surface area contributed by atoms with Crippen molar-refractivity contribution in [3.8, 4) is 0 Å². The molecule has 2 fully saturated rings. The lowest BCUT2D eigenvalue weighted by Crippen LogP contribution is -2.51. The molecule has 1 aliphatic heterocycles. The van der Waals surface area contributed by atoms with Crippen LogP contribution in [0.1, 0.15) is 32.6 Å². The SMILES string of the molecule is CCNC(=O)C1CCCCC1C(=O)N1CCNCC1. The molecule has 5 nitrogen and oxygen atoms in total. The van der Waals surface area contributed by atoms with Gasteiger partial charge in [-0.25, -0.2) is 0 Å². The van der Waals surface area contributed by atoms with Gasteiger partial charge in [0.2, 0.25) is 11.8 Å². The Bertz CT molecular complexity index is 327. The van der Waals surface area contributed by atoms with Crippen LogP contribution in [0.25, 0.3) is 0 Å². The topological polar surface area (TPSA) is 61.4 Å². The summed E-state index contributed by atoms with van der Waals surface area (Å²) >= 11 is 0. The second-order valence-corrected chi connectivity index (χ2v) is 5.47. The van der Waals surface area contributed by atoms with E-state index in [0.717, 1.165) is 51.9 Å². The molecule has 0 spiro atoms. The van der Waals surface area contributed by atoms with Gasteiger partial charge in [-0.2, -0.15) is 0 Å². The summed E-state index contributed by atoms with van der Waals surface area (Å²) in [6.07, 6.45) is 3.85. The molecule has 2 N–H and O–H groups in total. The Morgan fingerprint density at radius 2 is 1.79 bits per heavy atom. The number of rotatable bonds is 3. The molecule has 0 aromatic rings. The third kappa shape index (κ3) is 3.47. The fourth-order valence-corrected chi connectivity index (χ4v) is 3.17. The van der Waals surface area contributed by atoms with E-state index in [1.807, 2.05) is 11.8 Å². The third-order valence-electron chi connectivity index (χ3n) is 4.20. The van der Waals surface area contributed by atoms with Crippen molar-refractivity contribution in [2.24, 2.45) is 11.8 Å². The normalized spacial score (nSPS) is 27.9. The number of nitrogens with one attached hydrogen (secondary N) is 2. The zero-order chi connectivity index (χ0) is 13.7. The van der Waals surface area contributed by atoms with Gasteiger partial charge in [-0.1, -0.05) is 12.8 Å². The van der Waals surface area contributed by atoms with E-state index in [0.29, 0.717) is 6.54 Å². The molecular weight excluding hydrogens is 242 g/mol. The van der Waals surface area contributed by atoms with E-state index < -0.39 is 0 Å². The Balaban J connectivity index is 2.01. The molecule has 2 rings (SSSR count). The van der Waals surface area contributed by atoms with Crippen LogP contribution in [0.3, 0.4) is 0 Å². The minimum Gasteiger partial charge on any atom is -0.356 e. The maximum Gasteiger partial charge on any atom is 0.226 e. The predicted molar refractivity (Wildman–Crippen MR) is 73.6 cm³/mol. The summed E-state index contributed by atoms with van der Waals surface area (Å²) in [5.74, 6) is 0.0441. The van der Waals surface area contributed by atoms with E-state index in [1.54, 1.807) is 0 Å². The molecule has 0 aromatic carbocycles. The van der Waals surface area contributed by atoms with E-state index >= 15 is 0 Å². The maximum absolute atomic E-state index is 12.6. The summed E-state index contributed by atoms with van der Waals surface area (Å²) in [7, 11) is 0. The lowest BCUT2D eigenvalue weighted by atomic mass is 9.77. The molecule has 0 bridgehead atoms. The van der Waals surface area contributed by atoms with E-state index in [1.165, 1.54) is 0 Å². The molecule has 5 heteroatoms. The maximum atomic E-state index is 12.6. The highest BCUT2D eigenvalue weighted by atomic mass is 16.2. The summed E-state index contributed by atoms with van der Waals surface area (Å²) in [5.41, 5.74) is 0. The zero-order valence-electron chi connectivity index (χ0n) is 11.8. The Morgan fingerprint density at radius 3 is 2.42 bits per heavy atom. The van der Waals surface area contributed by atoms with Crippen LogP contribution in [0.15, 0.2) is 0 Å². The highest BCUT2D eigenvalue weighted by Crippen LogP contribution is 2.31. The summed E-state index contributed by atoms with van der Waals surface area (Å²) in [5, 5.41) is 6.13. The number of hydrogen-bond acceptors (Lipinski definition) is 3. The monoisotopic (exact) mass is 267 g/mol. The van der Waals surface area contributed by atoms with Crippen LogP contribution in [0.5, 0.6) is 0 Å². The number of piperazine rings is 1. The van der Waals surface area contributed by atoms with Crippen LogP contribution in [0.4, 0.5) is 0 Å². The van der Waals surface area contributed by atoms with Gasteiger partial charge in [-0.15, -0.1) is 0 Å². The first-order valence-corrected chi connectivity index (χ1v) is 7.51. The molecule has 2 atom stereocenters. The van der Waals surface area contributed by atoms with Crippen molar-refractivity contribution in [1.82, 2.24) is 15.5 Å². The quantitative estimate of drug-likeness (QED) is 0.776. The van der Waals surface area contributed by atoms with Gasteiger partial charge >= 0.3 is 0 Å². The van der Waals surface area contributed by atoms with Crippen LogP contribution in [0, 0.1) is 11.8 Å². The first kappa shape index (κ1) is 14.3. The second kappa shape index (κ2) is 6.89. The Hall–Kier alpha value is -1.10. The number of nitrogens with zero attached hydrogens (tertiary/aromatic N) is 1. The van der Waals surface area contributed by atoms with Crippen molar-refractivity contribution in [2.75, 3.05) is 32.7 Å². The third-order valence-corrected chi connectivity index (χ3v) is 4.20. The van der Waals surface area contributed by atoms with Crippen molar-refractivity contribution >= 4 is 11.8 Å². The average molecular weight is 267 g/mol. The van der Waals surface area contributed by atoms with Gasteiger partial charge in [0.05, 0.1) is 0 Å². The standard InChI is InChI=1S/C14H25N3O2/c1-2-16-13(18)11-5-3-4-6-12(11)14(19)17-9-7-15-8-10-17/h11-12,15H,2-10H2,1H3,(H,16,18). The van der Waals surface area contributed by atoms with Crippen molar-refractivity contribution in [3.05, 3.63) is 0 Å². The van der Waals surface area contributed by atoms with E-state index in [4.69, 9.17) is 0 Å². The van der Waals surface area contributed by atoms with Crippen molar-refractivity contribution < 1.29 is 9.59 Å². The fourth-order valence-electron chi connectivity index (χ4n) is 3.17. The highest BCUT2D eigenvalue weighted by Gasteiger charge is 2.37. The van der Waals surface area contributed by atoms with E-state index in [-0.39, 0.29) is 23.7 Å². The van der Waals surface area contributed by atoms with Gasteiger partial charge < -0.3 is 15.5 Å². The lowest BCUT2D eigenvalue weighted by Gasteiger charge is -2.35. The smallest absolute Gasteiger partial charge is 0.226 e. The van der Waals surface area contributed by atoms with Gasteiger partial charge in [0.15, 0.2) is 0 Å². The summed E-state index contributed by atoms with van der Waals surface area (Å²) in [6, 6.07) is 0. The molecule has 19 heavy (non-hydrogen) atoms. The molecule has 1 saturated carbocycles. The number of carbonyl (C=O) groups excluding carboxylic acids is 2. The molecule has 1 aliphatic carbocycles. The fraction of sp³-hybridized carbons (Fsp3) is 0.857. The predicted octanol–water partition coefficient (Wildman–Crippen LogP) is 0.361. The van der Waals surface area contributed by atoms with E-state index in [2.05, 4.69) is 10.6 Å².